The molecule has 9 nitrogen and oxygen atoms in total. The standard InChI is InChI=1S/C34H56O6.C16H28O3/c1-19(2)29-13-27-11-25(29)15-31(27)33(35)39-21(5)37-17-23-7-9-24(10-8-23)18-38-22(6)40-34(36)32-16-26-12-28(32)14-30(26)20(3)4;1-5-15(18-6-2)19-16(17)14-9-11-7-12(14)8-13(11)10(3)4/h19-32H,7-18H2,1-6H3;10-15H,5-9H2,1-4H3. The van der Waals surface area contributed by atoms with Gasteiger partial charge in [0.1, 0.15) is 0 Å². The van der Waals surface area contributed by atoms with Crippen LogP contribution >= 0.6 is 0 Å². The number of carbonyl (C=O) groups is 3. The summed E-state index contributed by atoms with van der Waals surface area (Å²) in [5, 5.41) is 0. The Labute approximate surface area is 358 Å². The van der Waals surface area contributed by atoms with Crippen LogP contribution in [0.2, 0.25) is 0 Å². The first kappa shape index (κ1) is 46.8. The lowest BCUT2D eigenvalue weighted by Gasteiger charge is -2.31. The summed E-state index contributed by atoms with van der Waals surface area (Å²) in [6.45, 7) is 23.4. The summed E-state index contributed by atoms with van der Waals surface area (Å²) in [6, 6.07) is 0. The van der Waals surface area contributed by atoms with E-state index >= 15 is 0 Å². The van der Waals surface area contributed by atoms with Gasteiger partial charge in [-0.25, -0.2) is 0 Å². The number of fused-ring (bicyclic) bond motifs is 6. The van der Waals surface area contributed by atoms with Crippen molar-refractivity contribution in [2.24, 2.45) is 101 Å². The largest absolute Gasteiger partial charge is 0.436 e. The average molecular weight is 829 g/mol. The van der Waals surface area contributed by atoms with E-state index in [1.165, 1.54) is 38.5 Å². The zero-order valence-electron chi connectivity index (χ0n) is 38.7. The van der Waals surface area contributed by atoms with Crippen LogP contribution in [0.1, 0.15) is 159 Å². The molecule has 338 valence electrons. The number of carbonyl (C=O) groups excluding carboxylic acids is 3. The second kappa shape index (κ2) is 21.1. The van der Waals surface area contributed by atoms with Gasteiger partial charge < -0.3 is 28.4 Å². The van der Waals surface area contributed by atoms with Crippen LogP contribution in [0.3, 0.4) is 0 Å². The minimum atomic E-state index is -0.476. The van der Waals surface area contributed by atoms with Gasteiger partial charge in [-0.05, 0) is 187 Å². The van der Waals surface area contributed by atoms with Gasteiger partial charge in [0, 0.05) is 13.0 Å². The molecule has 7 aliphatic rings. The van der Waals surface area contributed by atoms with Gasteiger partial charge in [0.2, 0.25) is 6.29 Å². The summed E-state index contributed by atoms with van der Waals surface area (Å²) >= 11 is 0. The highest BCUT2D eigenvalue weighted by molar-refractivity contribution is 5.74. The van der Waals surface area contributed by atoms with Crippen LogP contribution in [0.25, 0.3) is 0 Å². The van der Waals surface area contributed by atoms with Crippen LogP contribution in [0.4, 0.5) is 0 Å². The Morgan fingerprint density at radius 2 is 0.780 bits per heavy atom. The van der Waals surface area contributed by atoms with Crippen LogP contribution in [0, 0.1) is 101 Å². The van der Waals surface area contributed by atoms with Gasteiger partial charge in [0.15, 0.2) is 12.6 Å². The van der Waals surface area contributed by atoms with Gasteiger partial charge in [-0.2, -0.15) is 0 Å². The van der Waals surface area contributed by atoms with Gasteiger partial charge in [-0.3, -0.25) is 14.4 Å². The predicted molar refractivity (Wildman–Crippen MR) is 228 cm³/mol. The van der Waals surface area contributed by atoms with Crippen molar-refractivity contribution in [2.75, 3.05) is 19.8 Å². The summed E-state index contributed by atoms with van der Waals surface area (Å²) in [4.78, 5) is 37.9. The number of rotatable bonds is 18. The smallest absolute Gasteiger partial charge is 0.311 e. The quantitative estimate of drug-likeness (QED) is 0.0758. The van der Waals surface area contributed by atoms with Crippen LogP contribution in [-0.4, -0.2) is 56.6 Å². The summed E-state index contributed by atoms with van der Waals surface area (Å²) < 4.78 is 34.4. The number of hydrogen-bond acceptors (Lipinski definition) is 9. The van der Waals surface area contributed by atoms with E-state index in [0.717, 1.165) is 81.0 Å². The lowest BCUT2D eigenvalue weighted by Crippen LogP contribution is -2.32. The number of esters is 3. The molecule has 0 saturated heterocycles. The molecular weight excluding hydrogens is 745 g/mol. The monoisotopic (exact) mass is 829 g/mol. The molecule has 7 fully saturated rings. The Morgan fingerprint density at radius 1 is 0.441 bits per heavy atom. The van der Waals surface area contributed by atoms with E-state index in [-0.39, 0.29) is 42.0 Å². The first-order valence-corrected chi connectivity index (χ1v) is 24.6. The van der Waals surface area contributed by atoms with E-state index < -0.39 is 12.6 Å². The van der Waals surface area contributed by atoms with Crippen molar-refractivity contribution in [3.63, 3.8) is 0 Å². The molecule has 0 amide bonds. The Bertz CT molecular complexity index is 1290. The number of hydrogen-bond donors (Lipinski definition) is 0. The summed E-state index contributed by atoms with van der Waals surface area (Å²) in [5.41, 5.74) is 0. The number of ether oxygens (including phenoxy) is 6. The summed E-state index contributed by atoms with van der Waals surface area (Å²) in [6.07, 6.45) is 14.1. The maximum Gasteiger partial charge on any atom is 0.311 e. The summed E-state index contributed by atoms with van der Waals surface area (Å²) in [5.74, 6) is 9.47. The fraction of sp³-hybridized carbons (Fsp3) is 0.940. The lowest BCUT2D eigenvalue weighted by molar-refractivity contribution is -0.187. The molecule has 0 aliphatic heterocycles. The van der Waals surface area contributed by atoms with Crippen LogP contribution in [-0.2, 0) is 42.8 Å². The molecule has 59 heavy (non-hydrogen) atoms. The zero-order valence-corrected chi connectivity index (χ0v) is 38.7. The molecule has 0 aromatic heterocycles. The second-order valence-electron chi connectivity index (χ2n) is 21.5. The predicted octanol–water partition coefficient (Wildman–Crippen LogP) is 10.9. The minimum absolute atomic E-state index is 0.0185. The highest BCUT2D eigenvalue weighted by Crippen LogP contribution is 2.56. The molecule has 15 unspecified atom stereocenters. The van der Waals surface area contributed by atoms with Crippen molar-refractivity contribution in [3.05, 3.63) is 0 Å². The maximum atomic E-state index is 12.8. The zero-order chi connectivity index (χ0) is 42.5. The van der Waals surface area contributed by atoms with Gasteiger partial charge >= 0.3 is 17.9 Å². The van der Waals surface area contributed by atoms with E-state index in [1.807, 2.05) is 27.7 Å². The Balaban J connectivity index is 0.000000257. The van der Waals surface area contributed by atoms with E-state index in [0.29, 0.717) is 73.1 Å². The molecule has 7 rings (SSSR count). The normalized spacial score (nSPS) is 38.4. The third-order valence-electron chi connectivity index (χ3n) is 16.8. The maximum absolute atomic E-state index is 12.8. The lowest BCUT2D eigenvalue weighted by atomic mass is 9.77. The Kier molecular flexibility index (Phi) is 16.7. The fourth-order valence-electron chi connectivity index (χ4n) is 13.6. The van der Waals surface area contributed by atoms with Gasteiger partial charge in [-0.1, -0.05) is 48.5 Å². The van der Waals surface area contributed by atoms with Gasteiger partial charge in [-0.15, -0.1) is 0 Å². The van der Waals surface area contributed by atoms with Gasteiger partial charge in [0.25, 0.3) is 0 Å². The second-order valence-corrected chi connectivity index (χ2v) is 21.5. The highest BCUT2D eigenvalue weighted by atomic mass is 16.7. The first-order valence-electron chi connectivity index (χ1n) is 24.6. The van der Waals surface area contributed by atoms with E-state index in [2.05, 4.69) is 41.5 Å². The van der Waals surface area contributed by atoms with Crippen LogP contribution < -0.4 is 0 Å². The van der Waals surface area contributed by atoms with Crippen molar-refractivity contribution in [2.45, 2.75) is 178 Å². The topological polar surface area (TPSA) is 107 Å². The Hall–Kier alpha value is -1.71. The van der Waals surface area contributed by atoms with E-state index in [1.54, 1.807) is 0 Å². The molecule has 7 aliphatic carbocycles. The molecule has 0 heterocycles. The van der Waals surface area contributed by atoms with Crippen molar-refractivity contribution >= 4 is 17.9 Å². The van der Waals surface area contributed by atoms with E-state index in [4.69, 9.17) is 28.4 Å². The average Bonchev–Trinajstić information content (AvgIpc) is 4.08. The molecule has 0 radical (unpaired) electrons. The van der Waals surface area contributed by atoms with Crippen molar-refractivity contribution in [1.29, 1.82) is 0 Å². The van der Waals surface area contributed by atoms with Crippen molar-refractivity contribution in [3.8, 4) is 0 Å². The van der Waals surface area contributed by atoms with Crippen LogP contribution in [0.15, 0.2) is 0 Å². The fourth-order valence-corrected chi connectivity index (χ4v) is 13.6. The molecule has 7 saturated carbocycles. The molecule has 0 spiro atoms. The van der Waals surface area contributed by atoms with E-state index in [9.17, 15) is 14.4 Å². The highest BCUT2D eigenvalue weighted by Gasteiger charge is 2.52. The third kappa shape index (κ3) is 11.7. The molecule has 9 heteroatoms. The molecule has 0 aromatic rings. The third-order valence-corrected chi connectivity index (χ3v) is 16.8. The summed E-state index contributed by atoms with van der Waals surface area (Å²) in [7, 11) is 0. The first-order chi connectivity index (χ1) is 28.1. The molecule has 0 N–H and O–H groups in total. The molecule has 15 atom stereocenters. The van der Waals surface area contributed by atoms with Crippen LogP contribution in [0.5, 0.6) is 0 Å². The molecule has 6 bridgehead atoms. The Morgan fingerprint density at radius 3 is 1.05 bits per heavy atom. The molecular formula is C50H84O9. The SMILES string of the molecule is CC(OCC1CCC(COC(C)OC(=O)C2CC3CC2CC3C(C)C)CC1)OC(=O)C1CC2CC1CC2C(C)C.CCOC(CC)OC(=O)C1CC2CC1CC2C(C)C. The van der Waals surface area contributed by atoms with Crippen molar-refractivity contribution in [1.82, 2.24) is 0 Å². The van der Waals surface area contributed by atoms with Gasteiger partial charge in [0.05, 0.1) is 31.0 Å². The minimum Gasteiger partial charge on any atom is -0.436 e. The van der Waals surface area contributed by atoms with Crippen molar-refractivity contribution < 1.29 is 42.8 Å². The molecule has 0 aromatic carbocycles.